The summed E-state index contributed by atoms with van der Waals surface area (Å²) in [5.74, 6) is 1.82. The Labute approximate surface area is 201 Å². The zero-order chi connectivity index (χ0) is 23.5. The van der Waals surface area contributed by atoms with Crippen LogP contribution in [-0.4, -0.2) is 27.4 Å². The predicted octanol–water partition coefficient (Wildman–Crippen LogP) is 5.36. The number of nitrogens with zero attached hydrogens (tertiary/aromatic N) is 2. The zero-order valence-corrected chi connectivity index (χ0v) is 20.1. The van der Waals surface area contributed by atoms with Crippen molar-refractivity contribution in [3.63, 3.8) is 0 Å². The highest BCUT2D eigenvalue weighted by atomic mass is 32.2. The minimum Gasteiger partial charge on any atom is -0.312 e. The fraction of sp³-hybridized carbons (Fsp3) is 0.519. The number of anilines is 2. The summed E-state index contributed by atoms with van der Waals surface area (Å²) in [6.45, 7) is 1.11. The van der Waals surface area contributed by atoms with E-state index < -0.39 is 10.0 Å². The molecule has 5 aliphatic rings. The monoisotopic (exact) mass is 482 g/mol. The molecule has 0 atom stereocenters. The van der Waals surface area contributed by atoms with Crippen LogP contribution >= 0.6 is 0 Å². The number of carbonyl (C=O) groups excluding carboxylic acids is 1. The first kappa shape index (κ1) is 22.1. The molecule has 0 spiro atoms. The van der Waals surface area contributed by atoms with Gasteiger partial charge in [-0.25, -0.2) is 12.8 Å². The fourth-order valence-corrected chi connectivity index (χ4v) is 9.13. The van der Waals surface area contributed by atoms with Gasteiger partial charge < -0.3 is 4.90 Å². The van der Waals surface area contributed by atoms with E-state index >= 15 is 0 Å². The molecule has 2 aromatic carbocycles. The van der Waals surface area contributed by atoms with E-state index in [0.29, 0.717) is 43.0 Å². The van der Waals surface area contributed by atoms with E-state index in [1.807, 2.05) is 0 Å². The Hall–Kier alpha value is -2.41. The Bertz CT molecular complexity index is 1160. The average Bonchev–Trinajstić information content (AvgIpc) is 3.23. The van der Waals surface area contributed by atoms with Gasteiger partial charge in [-0.1, -0.05) is 0 Å². The van der Waals surface area contributed by atoms with Gasteiger partial charge in [-0.3, -0.25) is 9.10 Å². The fourth-order valence-electron chi connectivity index (χ4n) is 7.56. The maximum atomic E-state index is 14.0. The second-order valence-corrected chi connectivity index (χ2v) is 12.9. The smallest absolute Gasteiger partial charge is 0.264 e. The molecule has 7 heteroatoms. The SMILES string of the molecule is O=C1CCCN1c1ccc(S(=O)(=O)N(CC23CC4CC(CC(C4)C2)C3)c2ccc(F)cc2)cc1. The quantitative estimate of drug-likeness (QED) is 0.557. The van der Waals surface area contributed by atoms with Crippen molar-refractivity contribution >= 4 is 27.3 Å². The number of hydrogen-bond acceptors (Lipinski definition) is 3. The molecule has 5 nitrogen and oxygen atoms in total. The van der Waals surface area contributed by atoms with E-state index in [9.17, 15) is 17.6 Å². The Balaban J connectivity index is 1.34. The Kier molecular flexibility index (Phi) is 5.24. The van der Waals surface area contributed by atoms with E-state index in [-0.39, 0.29) is 22.0 Å². The van der Waals surface area contributed by atoms with E-state index in [2.05, 4.69) is 0 Å². The average molecular weight is 483 g/mol. The van der Waals surface area contributed by atoms with Crippen molar-refractivity contribution in [2.75, 3.05) is 22.3 Å². The molecule has 2 aromatic rings. The maximum absolute atomic E-state index is 14.0. The minimum atomic E-state index is -3.86. The highest BCUT2D eigenvalue weighted by Gasteiger charge is 2.52. The molecule has 7 rings (SSSR count). The van der Waals surface area contributed by atoms with Crippen LogP contribution in [-0.2, 0) is 14.8 Å². The van der Waals surface area contributed by atoms with Gasteiger partial charge in [0.15, 0.2) is 0 Å². The normalized spacial score (nSPS) is 30.2. The van der Waals surface area contributed by atoms with Crippen LogP contribution in [0.1, 0.15) is 51.4 Å². The third kappa shape index (κ3) is 3.82. The highest BCUT2D eigenvalue weighted by Crippen LogP contribution is 2.60. The van der Waals surface area contributed by atoms with Gasteiger partial charge in [0.25, 0.3) is 10.0 Å². The van der Waals surface area contributed by atoms with Crippen molar-refractivity contribution in [2.45, 2.75) is 56.3 Å². The number of halogens is 1. The lowest BCUT2D eigenvalue weighted by molar-refractivity contribution is -0.117. The number of carbonyl (C=O) groups is 1. The summed E-state index contributed by atoms with van der Waals surface area (Å²) in [5.41, 5.74) is 1.24. The third-order valence-corrected chi connectivity index (χ3v) is 10.4. The molecule has 4 bridgehead atoms. The molecule has 1 aliphatic heterocycles. The standard InChI is InChI=1S/C27H31FN2O3S/c28-22-3-5-24(6-4-22)30(18-27-15-19-12-20(16-27)14-21(13-19)17-27)34(32,33)25-9-7-23(8-10-25)29-11-1-2-26(29)31/h3-10,19-21H,1-2,11-18H2. The van der Waals surface area contributed by atoms with Crippen LogP contribution in [0.2, 0.25) is 0 Å². The molecule has 0 unspecified atom stereocenters. The van der Waals surface area contributed by atoms with Crippen LogP contribution in [0.3, 0.4) is 0 Å². The van der Waals surface area contributed by atoms with Gasteiger partial charge in [0.2, 0.25) is 5.91 Å². The van der Waals surface area contributed by atoms with Crippen LogP contribution in [0.4, 0.5) is 15.8 Å². The van der Waals surface area contributed by atoms with Crippen molar-refractivity contribution in [2.24, 2.45) is 23.2 Å². The molecular weight excluding hydrogens is 451 g/mol. The Morgan fingerprint density at radius 1 is 0.912 bits per heavy atom. The molecule has 0 radical (unpaired) electrons. The van der Waals surface area contributed by atoms with Gasteiger partial charge in [0, 0.05) is 25.2 Å². The summed E-state index contributed by atoms with van der Waals surface area (Å²) >= 11 is 0. The van der Waals surface area contributed by atoms with Crippen LogP contribution < -0.4 is 9.21 Å². The number of benzene rings is 2. The summed E-state index contributed by atoms with van der Waals surface area (Å²) < 4.78 is 43.2. The van der Waals surface area contributed by atoms with Crippen molar-refractivity contribution in [1.82, 2.24) is 0 Å². The lowest BCUT2D eigenvalue weighted by Gasteiger charge is -2.57. The summed E-state index contributed by atoms with van der Waals surface area (Å²) in [6, 6.07) is 12.5. The molecular formula is C27H31FN2O3S. The molecule has 4 saturated carbocycles. The summed E-state index contributed by atoms with van der Waals surface area (Å²) in [7, 11) is -3.86. The van der Waals surface area contributed by atoms with E-state index in [1.165, 1.54) is 35.7 Å². The van der Waals surface area contributed by atoms with Crippen molar-refractivity contribution < 1.29 is 17.6 Å². The van der Waals surface area contributed by atoms with E-state index in [4.69, 9.17) is 0 Å². The van der Waals surface area contributed by atoms with Crippen molar-refractivity contribution in [3.05, 3.63) is 54.3 Å². The molecule has 1 heterocycles. The summed E-state index contributed by atoms with van der Waals surface area (Å²) in [6.07, 6.45) is 8.48. The number of rotatable bonds is 6. The molecule has 0 aromatic heterocycles. The van der Waals surface area contributed by atoms with E-state index in [0.717, 1.165) is 31.4 Å². The van der Waals surface area contributed by atoms with Gasteiger partial charge in [-0.05, 0) is 117 Å². The predicted molar refractivity (Wildman–Crippen MR) is 130 cm³/mol. The van der Waals surface area contributed by atoms with Gasteiger partial charge in [-0.2, -0.15) is 0 Å². The second kappa shape index (κ2) is 8.08. The van der Waals surface area contributed by atoms with Crippen LogP contribution in [0.25, 0.3) is 0 Å². The molecule has 0 N–H and O–H groups in total. The highest BCUT2D eigenvalue weighted by molar-refractivity contribution is 7.92. The molecule has 1 amide bonds. The van der Waals surface area contributed by atoms with Gasteiger partial charge in [-0.15, -0.1) is 0 Å². The van der Waals surface area contributed by atoms with Gasteiger partial charge >= 0.3 is 0 Å². The maximum Gasteiger partial charge on any atom is 0.264 e. The first-order valence-corrected chi connectivity index (χ1v) is 13.9. The minimum absolute atomic E-state index is 0.00187. The lowest BCUT2D eigenvalue weighted by atomic mass is 9.49. The zero-order valence-electron chi connectivity index (χ0n) is 19.3. The largest absolute Gasteiger partial charge is 0.312 e. The first-order chi connectivity index (χ1) is 16.3. The molecule has 5 fully saturated rings. The van der Waals surface area contributed by atoms with Gasteiger partial charge in [0.05, 0.1) is 10.6 Å². The topological polar surface area (TPSA) is 57.7 Å². The molecule has 180 valence electrons. The van der Waals surface area contributed by atoms with Gasteiger partial charge in [0.1, 0.15) is 5.82 Å². The van der Waals surface area contributed by atoms with Crippen LogP contribution in [0, 0.1) is 29.0 Å². The van der Waals surface area contributed by atoms with Crippen molar-refractivity contribution in [1.29, 1.82) is 0 Å². The van der Waals surface area contributed by atoms with Crippen molar-refractivity contribution in [3.8, 4) is 0 Å². The number of sulfonamides is 1. The molecule has 4 aliphatic carbocycles. The summed E-state index contributed by atoms with van der Waals surface area (Å²) in [4.78, 5) is 14.0. The van der Waals surface area contributed by atoms with Crippen LogP contribution in [0.5, 0.6) is 0 Å². The Morgan fingerprint density at radius 2 is 1.50 bits per heavy atom. The Morgan fingerprint density at radius 3 is 2.03 bits per heavy atom. The lowest BCUT2D eigenvalue weighted by Crippen LogP contribution is -2.52. The second-order valence-electron chi connectivity index (χ2n) is 11.0. The third-order valence-electron chi connectivity index (χ3n) is 8.57. The molecule has 1 saturated heterocycles. The number of hydrogen-bond donors (Lipinski definition) is 0. The van der Waals surface area contributed by atoms with E-state index in [1.54, 1.807) is 41.3 Å². The van der Waals surface area contributed by atoms with Crippen LogP contribution in [0.15, 0.2) is 53.4 Å². The number of amides is 1. The molecule has 34 heavy (non-hydrogen) atoms. The summed E-state index contributed by atoms with van der Waals surface area (Å²) in [5, 5.41) is 0. The first-order valence-electron chi connectivity index (χ1n) is 12.5.